The molecular formula is C14H21NS. The van der Waals surface area contributed by atoms with E-state index in [-0.39, 0.29) is 0 Å². The summed E-state index contributed by atoms with van der Waals surface area (Å²) in [5, 5.41) is 0.788. The van der Waals surface area contributed by atoms with Crippen LogP contribution in [0.15, 0.2) is 18.2 Å². The summed E-state index contributed by atoms with van der Waals surface area (Å²) < 4.78 is 0. The standard InChI is InChI=1S/C14H21NS/c1-10-5-11(2)7-12(6-10)9-16-14-4-3-13(15)8-14/h5-7,13-14H,3-4,8-9,15H2,1-2H3. The third-order valence-corrected chi connectivity index (χ3v) is 4.59. The van der Waals surface area contributed by atoms with Gasteiger partial charge in [-0.2, -0.15) is 11.8 Å². The highest BCUT2D eigenvalue weighted by molar-refractivity contribution is 7.99. The van der Waals surface area contributed by atoms with Crippen molar-refractivity contribution in [3.63, 3.8) is 0 Å². The lowest BCUT2D eigenvalue weighted by Gasteiger charge is -2.10. The summed E-state index contributed by atoms with van der Waals surface area (Å²) in [7, 11) is 0. The summed E-state index contributed by atoms with van der Waals surface area (Å²) >= 11 is 2.08. The van der Waals surface area contributed by atoms with Crippen molar-refractivity contribution in [1.82, 2.24) is 0 Å². The maximum atomic E-state index is 5.93. The highest BCUT2D eigenvalue weighted by atomic mass is 32.2. The molecule has 1 aromatic rings. The Balaban J connectivity index is 1.89. The number of benzene rings is 1. The second kappa shape index (κ2) is 5.24. The number of hydrogen-bond acceptors (Lipinski definition) is 2. The first-order valence-electron chi connectivity index (χ1n) is 6.08. The van der Waals surface area contributed by atoms with E-state index in [1.54, 1.807) is 0 Å². The molecule has 2 N–H and O–H groups in total. The fourth-order valence-electron chi connectivity index (χ4n) is 2.49. The Morgan fingerprint density at radius 2 is 1.88 bits per heavy atom. The molecule has 1 saturated carbocycles. The molecule has 0 heterocycles. The second-order valence-corrected chi connectivity index (χ2v) is 6.29. The van der Waals surface area contributed by atoms with Gasteiger partial charge in [-0.25, -0.2) is 0 Å². The summed E-state index contributed by atoms with van der Waals surface area (Å²) in [6.45, 7) is 4.35. The Hall–Kier alpha value is -0.470. The van der Waals surface area contributed by atoms with Crippen LogP contribution in [0.5, 0.6) is 0 Å². The summed E-state index contributed by atoms with van der Waals surface area (Å²) in [6.07, 6.45) is 3.72. The fourth-order valence-corrected chi connectivity index (χ4v) is 3.77. The van der Waals surface area contributed by atoms with Crippen LogP contribution in [-0.4, -0.2) is 11.3 Å². The third kappa shape index (κ3) is 3.26. The first kappa shape index (κ1) is 12.0. The van der Waals surface area contributed by atoms with E-state index in [0.717, 1.165) is 11.0 Å². The van der Waals surface area contributed by atoms with Gasteiger partial charge >= 0.3 is 0 Å². The zero-order valence-electron chi connectivity index (χ0n) is 10.2. The highest BCUT2D eigenvalue weighted by Crippen LogP contribution is 2.31. The van der Waals surface area contributed by atoms with Crippen LogP contribution in [0.3, 0.4) is 0 Å². The summed E-state index contributed by atoms with van der Waals surface area (Å²) in [5.74, 6) is 1.14. The fraction of sp³-hybridized carbons (Fsp3) is 0.571. The molecule has 1 fully saturated rings. The molecular weight excluding hydrogens is 214 g/mol. The highest BCUT2D eigenvalue weighted by Gasteiger charge is 2.21. The normalized spacial score (nSPS) is 24.9. The molecule has 88 valence electrons. The second-order valence-electron chi connectivity index (χ2n) is 5.00. The minimum Gasteiger partial charge on any atom is -0.328 e. The molecule has 0 saturated heterocycles. The predicted octanol–water partition coefficient (Wildman–Crippen LogP) is 3.42. The molecule has 1 aliphatic carbocycles. The van der Waals surface area contributed by atoms with E-state index in [1.165, 1.54) is 36.0 Å². The maximum absolute atomic E-state index is 5.93. The Bertz CT molecular complexity index is 342. The van der Waals surface area contributed by atoms with Crippen molar-refractivity contribution < 1.29 is 0 Å². The van der Waals surface area contributed by atoms with Gasteiger partial charge in [-0.05, 0) is 38.7 Å². The SMILES string of the molecule is Cc1cc(C)cc(CSC2CCC(N)C2)c1. The summed E-state index contributed by atoms with van der Waals surface area (Å²) in [4.78, 5) is 0. The number of hydrogen-bond donors (Lipinski definition) is 1. The van der Waals surface area contributed by atoms with Crippen LogP contribution in [0, 0.1) is 13.8 Å². The van der Waals surface area contributed by atoms with Crippen LogP contribution >= 0.6 is 11.8 Å². The molecule has 1 aromatic carbocycles. The number of nitrogens with two attached hydrogens (primary N) is 1. The van der Waals surface area contributed by atoms with Crippen LogP contribution in [0.4, 0.5) is 0 Å². The minimum absolute atomic E-state index is 0.455. The molecule has 2 unspecified atom stereocenters. The molecule has 0 spiro atoms. The molecule has 2 rings (SSSR count). The largest absolute Gasteiger partial charge is 0.328 e. The van der Waals surface area contributed by atoms with Gasteiger partial charge < -0.3 is 5.73 Å². The molecule has 0 amide bonds. The van der Waals surface area contributed by atoms with Crippen molar-refractivity contribution in [2.45, 2.75) is 50.2 Å². The van der Waals surface area contributed by atoms with Crippen molar-refractivity contribution in [2.75, 3.05) is 0 Å². The zero-order chi connectivity index (χ0) is 11.5. The molecule has 0 aliphatic heterocycles. The van der Waals surface area contributed by atoms with Crippen molar-refractivity contribution in [2.24, 2.45) is 5.73 Å². The van der Waals surface area contributed by atoms with E-state index in [4.69, 9.17) is 5.73 Å². The Morgan fingerprint density at radius 3 is 2.44 bits per heavy atom. The lowest BCUT2D eigenvalue weighted by molar-refractivity contribution is 0.706. The lowest BCUT2D eigenvalue weighted by Crippen LogP contribution is -2.15. The first-order chi connectivity index (χ1) is 7.63. The summed E-state index contributed by atoms with van der Waals surface area (Å²) in [6, 6.07) is 7.29. The van der Waals surface area contributed by atoms with Gasteiger partial charge in [0.15, 0.2) is 0 Å². The first-order valence-corrected chi connectivity index (χ1v) is 7.13. The van der Waals surface area contributed by atoms with Gasteiger partial charge in [0.2, 0.25) is 0 Å². The van der Waals surface area contributed by atoms with Crippen molar-refractivity contribution in [3.8, 4) is 0 Å². The quantitative estimate of drug-likeness (QED) is 0.869. The lowest BCUT2D eigenvalue weighted by atomic mass is 10.1. The maximum Gasteiger partial charge on any atom is 0.0187 e. The van der Waals surface area contributed by atoms with Gasteiger partial charge in [-0.3, -0.25) is 0 Å². The Morgan fingerprint density at radius 1 is 1.19 bits per heavy atom. The van der Waals surface area contributed by atoms with E-state index in [1.807, 2.05) is 0 Å². The average molecular weight is 235 g/mol. The van der Waals surface area contributed by atoms with E-state index in [0.29, 0.717) is 6.04 Å². The minimum atomic E-state index is 0.455. The summed E-state index contributed by atoms with van der Waals surface area (Å²) in [5.41, 5.74) is 10.1. The zero-order valence-corrected chi connectivity index (χ0v) is 11.0. The van der Waals surface area contributed by atoms with E-state index < -0.39 is 0 Å². The van der Waals surface area contributed by atoms with Crippen molar-refractivity contribution in [1.29, 1.82) is 0 Å². The van der Waals surface area contributed by atoms with Gasteiger partial charge in [-0.15, -0.1) is 0 Å². The van der Waals surface area contributed by atoms with Gasteiger partial charge in [-0.1, -0.05) is 29.3 Å². The van der Waals surface area contributed by atoms with E-state index in [9.17, 15) is 0 Å². The van der Waals surface area contributed by atoms with Gasteiger partial charge in [0, 0.05) is 17.0 Å². The Kier molecular flexibility index (Phi) is 3.93. The van der Waals surface area contributed by atoms with Crippen LogP contribution in [-0.2, 0) is 5.75 Å². The molecule has 0 aromatic heterocycles. The monoisotopic (exact) mass is 235 g/mol. The van der Waals surface area contributed by atoms with Crippen LogP contribution in [0.25, 0.3) is 0 Å². The topological polar surface area (TPSA) is 26.0 Å². The molecule has 1 nitrogen and oxygen atoms in total. The van der Waals surface area contributed by atoms with Crippen LogP contribution < -0.4 is 5.73 Å². The third-order valence-electron chi connectivity index (χ3n) is 3.19. The number of thioether (sulfide) groups is 1. The van der Waals surface area contributed by atoms with E-state index >= 15 is 0 Å². The van der Waals surface area contributed by atoms with Crippen LogP contribution in [0.2, 0.25) is 0 Å². The van der Waals surface area contributed by atoms with Crippen molar-refractivity contribution >= 4 is 11.8 Å². The Labute approximate surface area is 103 Å². The van der Waals surface area contributed by atoms with Crippen molar-refractivity contribution in [3.05, 3.63) is 34.9 Å². The predicted molar refractivity (Wildman–Crippen MR) is 72.8 cm³/mol. The number of rotatable bonds is 3. The number of aryl methyl sites for hydroxylation is 2. The molecule has 0 bridgehead atoms. The average Bonchev–Trinajstić information content (AvgIpc) is 2.60. The smallest absolute Gasteiger partial charge is 0.0187 e. The molecule has 2 heteroatoms. The molecule has 16 heavy (non-hydrogen) atoms. The molecule has 1 aliphatic rings. The molecule has 0 radical (unpaired) electrons. The van der Waals surface area contributed by atoms with Gasteiger partial charge in [0.25, 0.3) is 0 Å². The van der Waals surface area contributed by atoms with Gasteiger partial charge in [0.1, 0.15) is 0 Å². The van der Waals surface area contributed by atoms with Crippen LogP contribution in [0.1, 0.15) is 36.0 Å². The van der Waals surface area contributed by atoms with E-state index in [2.05, 4.69) is 43.8 Å². The van der Waals surface area contributed by atoms with Gasteiger partial charge in [0.05, 0.1) is 0 Å². The molecule has 2 atom stereocenters.